The van der Waals surface area contributed by atoms with E-state index in [9.17, 15) is 9.18 Å². The summed E-state index contributed by atoms with van der Waals surface area (Å²) in [5.74, 6) is 0.642. The smallest absolute Gasteiger partial charge is 0.155 e. The number of ketones is 1. The van der Waals surface area contributed by atoms with E-state index < -0.39 is 0 Å². The topological polar surface area (TPSA) is 63.3 Å². The van der Waals surface area contributed by atoms with E-state index in [1.54, 1.807) is 13.1 Å². The number of benzene rings is 3. The molecule has 0 unspecified atom stereocenters. The minimum absolute atomic E-state index is 0. The Kier molecular flexibility index (Phi) is 8.60. The van der Waals surface area contributed by atoms with Crippen LogP contribution in [0.2, 0.25) is 0 Å². The Labute approximate surface area is 235 Å². The summed E-state index contributed by atoms with van der Waals surface area (Å²) in [6.07, 6.45) is 2.96. The van der Waals surface area contributed by atoms with Gasteiger partial charge in [0.05, 0.1) is 17.1 Å². The third-order valence-corrected chi connectivity index (χ3v) is 6.20. The Hall–Kier alpha value is -3.34. The number of aliphatic hydroxyl groups is 1. The van der Waals surface area contributed by atoms with E-state index in [1.807, 2.05) is 43.3 Å². The Morgan fingerprint density at radius 2 is 1.63 bits per heavy atom. The number of hydrogen-bond acceptors (Lipinski definition) is 4. The molecule has 1 radical (unpaired) electrons. The van der Waals surface area contributed by atoms with Gasteiger partial charge in [0, 0.05) is 43.5 Å². The first-order valence-electron chi connectivity index (χ1n) is 12.2. The number of nitrogens with zero attached hydrogens (tertiary/aromatic N) is 1. The van der Waals surface area contributed by atoms with Crippen LogP contribution in [0.4, 0.5) is 4.39 Å². The van der Waals surface area contributed by atoms with Gasteiger partial charge in [-0.2, -0.15) is 0 Å². The standard InChI is InChI=1S/C27H23FNO.C5H8O2.Ir/c1-15-6-7-19-20-10-11-29-25(22(20)9-8-21(19)24(15)28)17-13-18-12-16(2)30-26(18)23(14-17)27(3,4)5;1-4(6)3-5(2)7;/h6-12,14H,1-5H3;3,6H,1-2H3;/q-1;;/b;4-3-;. The molecular weight excluding hydrogens is 658 g/mol. The summed E-state index contributed by atoms with van der Waals surface area (Å²) in [5, 5.41) is 12.8. The summed E-state index contributed by atoms with van der Waals surface area (Å²) in [5.41, 5.74) is 4.34. The van der Waals surface area contributed by atoms with Crippen LogP contribution in [0.1, 0.15) is 51.5 Å². The van der Waals surface area contributed by atoms with Gasteiger partial charge in [0.2, 0.25) is 0 Å². The van der Waals surface area contributed by atoms with Crippen molar-refractivity contribution in [2.75, 3.05) is 0 Å². The van der Waals surface area contributed by atoms with Gasteiger partial charge in [-0.05, 0) is 60.9 Å². The second kappa shape index (κ2) is 11.2. The molecule has 4 nitrogen and oxygen atoms in total. The van der Waals surface area contributed by atoms with E-state index in [4.69, 9.17) is 14.5 Å². The molecule has 199 valence electrons. The zero-order valence-electron chi connectivity index (χ0n) is 22.6. The quantitative estimate of drug-likeness (QED) is 0.0873. The molecule has 0 aliphatic heterocycles. The molecule has 3 aromatic carbocycles. The molecule has 0 aliphatic carbocycles. The van der Waals surface area contributed by atoms with Gasteiger partial charge in [0.1, 0.15) is 5.82 Å². The molecule has 0 saturated carbocycles. The van der Waals surface area contributed by atoms with E-state index in [2.05, 4.69) is 32.9 Å². The molecule has 0 fully saturated rings. The molecule has 0 atom stereocenters. The van der Waals surface area contributed by atoms with Gasteiger partial charge in [-0.1, -0.05) is 67.6 Å². The van der Waals surface area contributed by atoms with Crippen LogP contribution in [-0.2, 0) is 30.3 Å². The fourth-order valence-electron chi connectivity index (χ4n) is 4.53. The van der Waals surface area contributed by atoms with Crippen LogP contribution in [0.3, 0.4) is 0 Å². The Balaban J connectivity index is 0.000000444. The predicted octanol–water partition coefficient (Wildman–Crippen LogP) is 8.69. The maximum Gasteiger partial charge on any atom is 0.155 e. The van der Waals surface area contributed by atoms with Crippen molar-refractivity contribution in [3.05, 3.63) is 89.3 Å². The molecule has 5 aromatic rings. The molecular formula is C32H31FIrNO3-. The molecule has 1 N–H and O–H groups in total. The number of fused-ring (bicyclic) bond motifs is 4. The average molecular weight is 689 g/mol. The number of pyridine rings is 1. The number of halogens is 1. The van der Waals surface area contributed by atoms with E-state index in [1.165, 1.54) is 19.9 Å². The molecule has 0 saturated heterocycles. The molecule has 6 heteroatoms. The third-order valence-electron chi connectivity index (χ3n) is 6.20. The van der Waals surface area contributed by atoms with Gasteiger partial charge in [-0.3, -0.25) is 9.78 Å². The van der Waals surface area contributed by atoms with Crippen molar-refractivity contribution >= 4 is 38.3 Å². The first-order chi connectivity index (χ1) is 17.4. The monoisotopic (exact) mass is 689 g/mol. The van der Waals surface area contributed by atoms with Crippen molar-refractivity contribution in [3.63, 3.8) is 0 Å². The minimum Gasteiger partial charge on any atom is -0.512 e. The fourth-order valence-corrected chi connectivity index (χ4v) is 4.53. The summed E-state index contributed by atoms with van der Waals surface area (Å²) < 4.78 is 20.7. The maximum atomic E-state index is 14.7. The summed E-state index contributed by atoms with van der Waals surface area (Å²) in [6.45, 7) is 13.1. The number of aliphatic hydroxyl groups excluding tert-OH is 1. The maximum absolute atomic E-state index is 14.7. The van der Waals surface area contributed by atoms with Crippen molar-refractivity contribution in [3.8, 4) is 11.3 Å². The molecule has 5 rings (SSSR count). The van der Waals surface area contributed by atoms with Crippen LogP contribution in [0.5, 0.6) is 0 Å². The number of aryl methyl sites for hydroxylation is 2. The molecule has 2 heterocycles. The van der Waals surface area contributed by atoms with Crippen LogP contribution in [-0.4, -0.2) is 15.9 Å². The Bertz CT molecular complexity index is 1690. The number of carbonyl (C=O) groups is 1. The van der Waals surface area contributed by atoms with E-state index in [-0.39, 0.29) is 42.9 Å². The largest absolute Gasteiger partial charge is 0.512 e. The summed E-state index contributed by atoms with van der Waals surface area (Å²) in [6, 6.07) is 17.3. The van der Waals surface area contributed by atoms with Crippen molar-refractivity contribution in [2.24, 2.45) is 0 Å². The molecule has 0 bridgehead atoms. The minimum atomic E-state index is -0.162. The molecule has 0 amide bonds. The van der Waals surface area contributed by atoms with Gasteiger partial charge in [0.15, 0.2) is 5.78 Å². The zero-order valence-corrected chi connectivity index (χ0v) is 25.0. The van der Waals surface area contributed by atoms with Crippen LogP contribution >= 0.6 is 0 Å². The van der Waals surface area contributed by atoms with Crippen molar-refractivity contribution < 1.29 is 38.8 Å². The number of hydrogen-bond donors (Lipinski definition) is 1. The predicted molar refractivity (Wildman–Crippen MR) is 148 cm³/mol. The number of allylic oxidation sites excluding steroid dienone is 2. The zero-order chi connectivity index (χ0) is 27.1. The van der Waals surface area contributed by atoms with Gasteiger partial charge in [-0.15, -0.1) is 12.1 Å². The number of carbonyl (C=O) groups excluding carboxylic acids is 1. The van der Waals surface area contributed by atoms with Gasteiger partial charge in [-0.25, -0.2) is 4.39 Å². The van der Waals surface area contributed by atoms with Crippen molar-refractivity contribution in [1.82, 2.24) is 4.98 Å². The summed E-state index contributed by atoms with van der Waals surface area (Å²) in [4.78, 5) is 14.7. The first-order valence-corrected chi connectivity index (χ1v) is 12.2. The number of aromatic nitrogens is 1. The van der Waals surface area contributed by atoms with Crippen LogP contribution in [0.15, 0.2) is 64.9 Å². The van der Waals surface area contributed by atoms with Crippen LogP contribution in [0.25, 0.3) is 43.8 Å². The van der Waals surface area contributed by atoms with Gasteiger partial charge >= 0.3 is 0 Å². The first kappa shape index (κ1) is 29.2. The fraction of sp³-hybridized carbons (Fsp3) is 0.250. The molecule has 38 heavy (non-hydrogen) atoms. The van der Waals surface area contributed by atoms with E-state index in [0.29, 0.717) is 10.9 Å². The molecule has 0 aliphatic rings. The summed E-state index contributed by atoms with van der Waals surface area (Å²) in [7, 11) is 0. The second-order valence-electron chi connectivity index (χ2n) is 10.5. The second-order valence-corrected chi connectivity index (χ2v) is 10.5. The van der Waals surface area contributed by atoms with Gasteiger partial charge < -0.3 is 9.52 Å². The molecule has 0 spiro atoms. The van der Waals surface area contributed by atoms with Crippen LogP contribution in [0, 0.1) is 25.7 Å². The summed E-state index contributed by atoms with van der Waals surface area (Å²) >= 11 is 0. The van der Waals surface area contributed by atoms with Gasteiger partial charge in [0.25, 0.3) is 0 Å². The SMILES string of the molecule is CC(=O)/C=C(/C)O.Cc1cc2[c-]c(-c3nccc4c3ccc3c(F)c(C)ccc34)cc(C(C)(C)C)c2o1.[Ir]. The van der Waals surface area contributed by atoms with E-state index >= 15 is 0 Å². The molecule has 2 aromatic heterocycles. The van der Waals surface area contributed by atoms with Crippen LogP contribution < -0.4 is 0 Å². The number of rotatable bonds is 2. The third kappa shape index (κ3) is 5.87. The van der Waals surface area contributed by atoms with Crippen molar-refractivity contribution in [2.45, 2.75) is 53.9 Å². The average Bonchev–Trinajstić information content (AvgIpc) is 3.18. The normalized spacial score (nSPS) is 11.8. The Morgan fingerprint density at radius 1 is 1.00 bits per heavy atom. The number of furan rings is 1. The Morgan fingerprint density at radius 3 is 2.24 bits per heavy atom. The van der Waals surface area contributed by atoms with E-state index in [0.717, 1.165) is 49.7 Å². The van der Waals surface area contributed by atoms with Crippen molar-refractivity contribution in [1.29, 1.82) is 0 Å².